The van der Waals surface area contributed by atoms with Crippen LogP contribution in [0.3, 0.4) is 0 Å². The van der Waals surface area contributed by atoms with Crippen LogP contribution in [-0.4, -0.2) is 60.7 Å². The molecule has 35 heavy (non-hydrogen) atoms. The lowest BCUT2D eigenvalue weighted by molar-refractivity contribution is 0.158. The Morgan fingerprint density at radius 2 is 1.86 bits per heavy atom. The summed E-state index contributed by atoms with van der Waals surface area (Å²) in [6.07, 6.45) is 0.835. The number of aromatic nitrogens is 2. The first-order chi connectivity index (χ1) is 16.9. The smallest absolute Gasteiger partial charge is 0.434 e. The van der Waals surface area contributed by atoms with E-state index >= 15 is 4.39 Å². The molecule has 1 aromatic heterocycles. The van der Waals surface area contributed by atoms with E-state index in [1.165, 1.54) is 20.3 Å². The molecule has 0 unspecified atom stereocenters. The Hall–Kier alpha value is -3.93. The van der Waals surface area contributed by atoms with Gasteiger partial charge in [0.2, 0.25) is 23.2 Å². The van der Waals surface area contributed by atoms with Gasteiger partial charge in [-0.3, -0.25) is 0 Å². The van der Waals surface area contributed by atoms with Gasteiger partial charge in [-0.2, -0.15) is 9.98 Å². The lowest BCUT2D eigenvalue weighted by atomic mass is 10.1. The van der Waals surface area contributed by atoms with Gasteiger partial charge >= 0.3 is 6.09 Å². The van der Waals surface area contributed by atoms with Crippen LogP contribution >= 0.6 is 11.8 Å². The molecule has 0 radical (unpaired) electrons. The molecule has 4 rings (SSSR count). The van der Waals surface area contributed by atoms with Gasteiger partial charge in [-0.1, -0.05) is 5.16 Å². The second-order valence-corrected chi connectivity index (χ2v) is 7.83. The first kappa shape index (κ1) is 24.2. The Bertz CT molecular complexity index is 1310. The maximum Gasteiger partial charge on any atom is 0.434 e. The quantitative estimate of drug-likeness (QED) is 0.365. The van der Waals surface area contributed by atoms with Crippen molar-refractivity contribution in [3.8, 4) is 28.6 Å². The molecule has 0 saturated heterocycles. The summed E-state index contributed by atoms with van der Waals surface area (Å²) >= 11 is 1.10. The zero-order chi connectivity index (χ0) is 24.9. The monoisotopic (exact) mass is 500 g/mol. The topological polar surface area (TPSA) is 118 Å². The van der Waals surface area contributed by atoms with Crippen molar-refractivity contribution in [2.45, 2.75) is 6.92 Å². The minimum atomic E-state index is -0.852. The van der Waals surface area contributed by atoms with Gasteiger partial charge in [0.25, 0.3) is 0 Å². The summed E-state index contributed by atoms with van der Waals surface area (Å²) in [5.74, 6) is 0.471. The molecule has 0 aliphatic carbocycles. The fourth-order valence-corrected chi connectivity index (χ4v) is 3.76. The minimum Gasteiger partial charge on any atom is -0.493 e. The summed E-state index contributed by atoms with van der Waals surface area (Å²) < 4.78 is 41.8. The van der Waals surface area contributed by atoms with Gasteiger partial charge in [0.15, 0.2) is 11.6 Å². The molecular formula is C23H21FN4O6S. The van der Waals surface area contributed by atoms with E-state index in [9.17, 15) is 4.79 Å². The van der Waals surface area contributed by atoms with Gasteiger partial charge in [0, 0.05) is 18.1 Å². The summed E-state index contributed by atoms with van der Waals surface area (Å²) in [5, 5.41) is 4.03. The number of aliphatic imine (C=N–C) groups is 2. The number of methoxy groups -OCH3 is 2. The number of ether oxygens (including phenoxy) is 4. The van der Waals surface area contributed by atoms with Gasteiger partial charge in [0.1, 0.15) is 24.0 Å². The number of nitrogens with zero attached hydrogens (tertiary/aromatic N) is 4. The molecule has 1 aliphatic heterocycles. The number of aryl methyl sites for hydroxylation is 1. The zero-order valence-electron chi connectivity index (χ0n) is 19.3. The summed E-state index contributed by atoms with van der Waals surface area (Å²) in [5.41, 5.74) is 1.27. The number of benzene rings is 2. The number of amides is 1. The molecule has 10 nitrogen and oxygen atoms in total. The van der Waals surface area contributed by atoms with Crippen molar-refractivity contribution < 1.29 is 32.7 Å². The predicted octanol–water partition coefficient (Wildman–Crippen LogP) is 4.61. The highest BCUT2D eigenvalue weighted by Gasteiger charge is 2.29. The Morgan fingerprint density at radius 1 is 1.14 bits per heavy atom. The largest absolute Gasteiger partial charge is 0.493 e. The Kier molecular flexibility index (Phi) is 7.30. The second-order valence-electron chi connectivity index (χ2n) is 7.03. The van der Waals surface area contributed by atoms with E-state index < -0.39 is 11.9 Å². The second kappa shape index (κ2) is 10.6. The minimum absolute atomic E-state index is 0.0148. The van der Waals surface area contributed by atoms with E-state index in [1.807, 2.05) is 0 Å². The highest BCUT2D eigenvalue weighted by Crippen LogP contribution is 2.43. The SMILES string of the molecule is COC(=O)/N=C(SC)/C(=N\c1ccc(-c2noc(C)n2)cc1)c1cc(OC)c2c(c1F)OCCO2. The highest BCUT2D eigenvalue weighted by molar-refractivity contribution is 8.15. The molecule has 2 aromatic carbocycles. The molecular weight excluding hydrogens is 479 g/mol. The van der Waals surface area contributed by atoms with Crippen molar-refractivity contribution >= 4 is 34.3 Å². The van der Waals surface area contributed by atoms with E-state index in [0.717, 1.165) is 11.8 Å². The Balaban J connectivity index is 1.86. The molecule has 0 bridgehead atoms. The van der Waals surface area contributed by atoms with Crippen LogP contribution in [0, 0.1) is 12.7 Å². The van der Waals surface area contributed by atoms with Crippen LogP contribution in [0.2, 0.25) is 0 Å². The van der Waals surface area contributed by atoms with Gasteiger partial charge in [-0.25, -0.2) is 14.2 Å². The molecule has 2 heterocycles. The third kappa shape index (κ3) is 5.11. The van der Waals surface area contributed by atoms with Crippen LogP contribution in [-0.2, 0) is 4.74 Å². The van der Waals surface area contributed by atoms with Gasteiger partial charge in [-0.05, 0) is 36.6 Å². The predicted molar refractivity (Wildman–Crippen MR) is 128 cm³/mol. The first-order valence-electron chi connectivity index (χ1n) is 10.3. The Labute approximate surface area is 204 Å². The lowest BCUT2D eigenvalue weighted by Crippen LogP contribution is -2.21. The van der Waals surface area contributed by atoms with Crippen LogP contribution in [0.15, 0.2) is 44.8 Å². The molecule has 182 valence electrons. The lowest BCUT2D eigenvalue weighted by Gasteiger charge is -2.23. The van der Waals surface area contributed by atoms with E-state index in [0.29, 0.717) is 23.0 Å². The van der Waals surface area contributed by atoms with Crippen molar-refractivity contribution in [2.24, 2.45) is 9.98 Å². The molecule has 1 aliphatic rings. The number of fused-ring (bicyclic) bond motifs is 1. The molecule has 0 spiro atoms. The van der Waals surface area contributed by atoms with Gasteiger partial charge in [0.05, 0.1) is 19.9 Å². The van der Waals surface area contributed by atoms with Crippen LogP contribution in [0.4, 0.5) is 14.9 Å². The van der Waals surface area contributed by atoms with E-state index in [1.54, 1.807) is 37.4 Å². The van der Waals surface area contributed by atoms with Gasteiger partial charge < -0.3 is 23.5 Å². The number of carbonyl (C=O) groups is 1. The molecule has 3 aromatic rings. The van der Waals surface area contributed by atoms with Crippen molar-refractivity contribution in [3.05, 3.63) is 47.6 Å². The van der Waals surface area contributed by atoms with E-state index in [4.69, 9.17) is 18.7 Å². The number of rotatable bonds is 5. The van der Waals surface area contributed by atoms with E-state index in [2.05, 4.69) is 24.9 Å². The fraction of sp³-hybridized carbons (Fsp3) is 0.261. The fourth-order valence-electron chi connectivity index (χ4n) is 3.25. The molecule has 0 fully saturated rings. The summed E-state index contributed by atoms with van der Waals surface area (Å²) in [6, 6.07) is 8.32. The Morgan fingerprint density at radius 3 is 2.46 bits per heavy atom. The zero-order valence-corrected chi connectivity index (χ0v) is 20.1. The average Bonchev–Trinajstić information content (AvgIpc) is 3.33. The van der Waals surface area contributed by atoms with Crippen LogP contribution < -0.4 is 14.2 Å². The normalized spacial score (nSPS) is 13.5. The number of carbonyl (C=O) groups excluding carboxylic acids is 1. The third-order valence-electron chi connectivity index (χ3n) is 4.85. The molecule has 12 heteroatoms. The molecule has 1 amide bonds. The number of hydrogen-bond donors (Lipinski definition) is 0. The van der Waals surface area contributed by atoms with Gasteiger partial charge in [-0.15, -0.1) is 11.8 Å². The standard InChI is InChI=1S/C23H21FN4O6S/c1-12-25-21(28-34-12)13-5-7-14(8-6-13)26-18(22(35-4)27-23(29)31-3)15-11-16(30-2)19-20(17(15)24)33-10-9-32-19/h5-8,11H,9-10H2,1-4H3/b26-18-,27-22-. The number of hydrogen-bond acceptors (Lipinski definition) is 10. The van der Waals surface area contributed by atoms with Crippen LogP contribution in [0.5, 0.6) is 17.2 Å². The van der Waals surface area contributed by atoms with E-state index in [-0.39, 0.29) is 46.8 Å². The summed E-state index contributed by atoms with van der Waals surface area (Å²) in [4.78, 5) is 24.7. The first-order valence-corrected chi connectivity index (χ1v) is 11.5. The average molecular weight is 501 g/mol. The highest BCUT2D eigenvalue weighted by atomic mass is 32.2. The summed E-state index contributed by atoms with van der Waals surface area (Å²) in [7, 11) is 2.63. The van der Waals surface area contributed by atoms with Crippen molar-refractivity contribution in [1.82, 2.24) is 10.1 Å². The van der Waals surface area contributed by atoms with Crippen molar-refractivity contribution in [1.29, 1.82) is 0 Å². The number of thioether (sulfide) groups is 1. The molecule has 0 atom stereocenters. The van der Waals surface area contributed by atoms with Crippen LogP contribution in [0.25, 0.3) is 11.4 Å². The maximum absolute atomic E-state index is 15.7. The van der Waals surface area contributed by atoms with Crippen molar-refractivity contribution in [3.63, 3.8) is 0 Å². The maximum atomic E-state index is 15.7. The van der Waals surface area contributed by atoms with Crippen molar-refractivity contribution in [2.75, 3.05) is 33.7 Å². The summed E-state index contributed by atoms with van der Waals surface area (Å²) in [6.45, 7) is 2.13. The molecule has 0 N–H and O–H groups in total. The number of halogens is 1. The van der Waals surface area contributed by atoms with Crippen LogP contribution in [0.1, 0.15) is 11.5 Å². The third-order valence-corrected chi connectivity index (χ3v) is 5.52. The molecule has 0 saturated carbocycles.